The second-order valence-corrected chi connectivity index (χ2v) is 4.65. The smallest absolute Gasteiger partial charge is 0.387 e. The average molecular weight is 318 g/mol. The van der Waals surface area contributed by atoms with Crippen molar-refractivity contribution in [3.05, 3.63) is 52.8 Å². The molecule has 2 N–H and O–H groups in total. The van der Waals surface area contributed by atoms with Gasteiger partial charge in [-0.15, -0.1) is 0 Å². The SMILES string of the molecule is OC(CNc1nccc(C(F)(F)F)n1)c1ccc(Cl)cc1. The first-order chi connectivity index (χ1) is 9.86. The van der Waals surface area contributed by atoms with Gasteiger partial charge in [0.1, 0.15) is 5.69 Å². The maximum absolute atomic E-state index is 12.5. The van der Waals surface area contributed by atoms with Crippen molar-refractivity contribution in [1.29, 1.82) is 0 Å². The molecule has 0 bridgehead atoms. The largest absolute Gasteiger partial charge is 0.433 e. The normalized spacial score (nSPS) is 13.0. The molecular weight excluding hydrogens is 307 g/mol. The van der Waals surface area contributed by atoms with Crippen molar-refractivity contribution < 1.29 is 18.3 Å². The Morgan fingerprint density at radius 3 is 2.48 bits per heavy atom. The number of nitrogens with one attached hydrogen (secondary N) is 1. The maximum atomic E-state index is 12.5. The summed E-state index contributed by atoms with van der Waals surface area (Å²) in [4.78, 5) is 7.02. The Balaban J connectivity index is 2.01. The predicted octanol–water partition coefficient (Wildman–Crippen LogP) is 3.29. The van der Waals surface area contributed by atoms with E-state index in [0.717, 1.165) is 12.3 Å². The molecule has 2 rings (SSSR count). The van der Waals surface area contributed by atoms with Crippen LogP contribution in [0.5, 0.6) is 0 Å². The lowest BCUT2D eigenvalue weighted by Gasteiger charge is -2.13. The lowest BCUT2D eigenvalue weighted by molar-refractivity contribution is -0.141. The number of alkyl halides is 3. The van der Waals surface area contributed by atoms with Crippen molar-refractivity contribution in [2.45, 2.75) is 12.3 Å². The van der Waals surface area contributed by atoms with Gasteiger partial charge >= 0.3 is 6.18 Å². The van der Waals surface area contributed by atoms with E-state index in [1.54, 1.807) is 24.3 Å². The van der Waals surface area contributed by atoms with Crippen LogP contribution in [0, 0.1) is 0 Å². The summed E-state index contributed by atoms with van der Waals surface area (Å²) in [7, 11) is 0. The second-order valence-electron chi connectivity index (χ2n) is 4.21. The summed E-state index contributed by atoms with van der Waals surface area (Å²) in [5.41, 5.74) is -0.458. The Kier molecular flexibility index (Phi) is 4.64. The Labute approximate surface area is 123 Å². The molecule has 2 aromatic rings. The summed E-state index contributed by atoms with van der Waals surface area (Å²) in [5.74, 6) is -0.196. The average Bonchev–Trinajstić information content (AvgIpc) is 2.45. The highest BCUT2D eigenvalue weighted by Crippen LogP contribution is 2.27. The Morgan fingerprint density at radius 2 is 1.86 bits per heavy atom. The molecule has 1 aromatic carbocycles. The summed E-state index contributed by atoms with van der Waals surface area (Å²) in [6.45, 7) is -0.0249. The van der Waals surface area contributed by atoms with Crippen LogP contribution < -0.4 is 5.32 Å². The first-order valence-corrected chi connectivity index (χ1v) is 6.31. The molecule has 0 aliphatic rings. The van der Waals surface area contributed by atoms with Crippen LogP contribution in [-0.4, -0.2) is 21.6 Å². The van der Waals surface area contributed by atoms with Crippen molar-refractivity contribution in [1.82, 2.24) is 9.97 Å². The van der Waals surface area contributed by atoms with Crippen molar-refractivity contribution in [2.75, 3.05) is 11.9 Å². The van der Waals surface area contributed by atoms with Gasteiger partial charge in [0.25, 0.3) is 0 Å². The zero-order valence-electron chi connectivity index (χ0n) is 10.6. The molecule has 0 aliphatic carbocycles. The van der Waals surface area contributed by atoms with Crippen molar-refractivity contribution in [2.24, 2.45) is 0 Å². The Morgan fingerprint density at radius 1 is 1.19 bits per heavy atom. The van der Waals surface area contributed by atoms with Gasteiger partial charge in [-0.2, -0.15) is 13.2 Å². The quantitative estimate of drug-likeness (QED) is 0.908. The number of rotatable bonds is 4. The van der Waals surface area contributed by atoms with Gasteiger partial charge in [0.2, 0.25) is 5.95 Å². The minimum Gasteiger partial charge on any atom is -0.387 e. The van der Waals surface area contributed by atoms with E-state index < -0.39 is 18.0 Å². The monoisotopic (exact) mass is 317 g/mol. The molecule has 0 radical (unpaired) electrons. The number of aliphatic hydroxyl groups is 1. The summed E-state index contributed by atoms with van der Waals surface area (Å²) < 4.78 is 37.5. The van der Waals surface area contributed by atoms with E-state index >= 15 is 0 Å². The van der Waals surface area contributed by atoms with Crippen LogP contribution in [-0.2, 0) is 6.18 Å². The Bertz CT molecular complexity index is 604. The van der Waals surface area contributed by atoms with Gasteiger partial charge in [-0.1, -0.05) is 23.7 Å². The van der Waals surface area contributed by atoms with Gasteiger partial charge in [-0.05, 0) is 23.8 Å². The zero-order chi connectivity index (χ0) is 15.5. The fourth-order valence-electron chi connectivity index (χ4n) is 1.59. The highest BCUT2D eigenvalue weighted by atomic mass is 35.5. The molecule has 1 aromatic heterocycles. The van der Waals surface area contributed by atoms with Crippen LogP contribution in [0.1, 0.15) is 17.4 Å². The molecule has 0 saturated carbocycles. The highest BCUT2D eigenvalue weighted by Gasteiger charge is 2.32. The number of hydrogen-bond acceptors (Lipinski definition) is 4. The minimum absolute atomic E-state index is 0.0249. The first-order valence-electron chi connectivity index (χ1n) is 5.94. The number of benzene rings is 1. The Hall–Kier alpha value is -1.86. The van der Waals surface area contributed by atoms with E-state index in [-0.39, 0.29) is 12.5 Å². The molecular formula is C13H11ClF3N3O. The molecule has 1 unspecified atom stereocenters. The van der Waals surface area contributed by atoms with Crippen LogP contribution >= 0.6 is 11.6 Å². The van der Waals surface area contributed by atoms with Gasteiger partial charge in [-0.3, -0.25) is 0 Å². The number of anilines is 1. The number of nitrogens with zero attached hydrogens (tertiary/aromatic N) is 2. The van der Waals surface area contributed by atoms with Crippen molar-refractivity contribution >= 4 is 17.5 Å². The number of aromatic nitrogens is 2. The lowest BCUT2D eigenvalue weighted by atomic mass is 10.1. The summed E-state index contributed by atoms with van der Waals surface area (Å²) in [6, 6.07) is 7.26. The summed E-state index contributed by atoms with van der Waals surface area (Å²) >= 11 is 5.73. The molecule has 8 heteroatoms. The first kappa shape index (κ1) is 15.5. The van der Waals surface area contributed by atoms with E-state index in [1.165, 1.54) is 0 Å². The summed E-state index contributed by atoms with van der Waals surface area (Å²) in [5, 5.41) is 13.0. The third-order valence-electron chi connectivity index (χ3n) is 2.65. The molecule has 0 saturated heterocycles. The summed E-state index contributed by atoms with van der Waals surface area (Å²) in [6.07, 6.45) is -4.44. The second kappa shape index (κ2) is 6.28. The molecule has 4 nitrogen and oxygen atoms in total. The number of hydrogen-bond donors (Lipinski definition) is 2. The number of aliphatic hydroxyl groups excluding tert-OH is 1. The van der Waals surface area contributed by atoms with Gasteiger partial charge < -0.3 is 10.4 Å². The molecule has 1 heterocycles. The fraction of sp³-hybridized carbons (Fsp3) is 0.231. The molecule has 21 heavy (non-hydrogen) atoms. The molecule has 0 spiro atoms. The van der Waals surface area contributed by atoms with Gasteiger partial charge in [0.15, 0.2) is 0 Å². The van der Waals surface area contributed by atoms with Crippen LogP contribution in [0.3, 0.4) is 0 Å². The van der Waals surface area contributed by atoms with E-state index in [2.05, 4.69) is 15.3 Å². The van der Waals surface area contributed by atoms with E-state index in [4.69, 9.17) is 11.6 Å². The lowest BCUT2D eigenvalue weighted by Crippen LogP contribution is -2.16. The molecule has 1 atom stereocenters. The van der Waals surface area contributed by atoms with Crippen LogP contribution in [0.15, 0.2) is 36.5 Å². The van der Waals surface area contributed by atoms with Crippen LogP contribution in [0.4, 0.5) is 19.1 Å². The van der Waals surface area contributed by atoms with Gasteiger partial charge in [-0.25, -0.2) is 9.97 Å². The van der Waals surface area contributed by atoms with Crippen LogP contribution in [0.2, 0.25) is 5.02 Å². The molecule has 0 aliphatic heterocycles. The fourth-order valence-corrected chi connectivity index (χ4v) is 1.72. The zero-order valence-corrected chi connectivity index (χ0v) is 11.4. The minimum atomic E-state index is -4.53. The molecule has 112 valence electrons. The van der Waals surface area contributed by atoms with Crippen molar-refractivity contribution in [3.63, 3.8) is 0 Å². The van der Waals surface area contributed by atoms with E-state index in [9.17, 15) is 18.3 Å². The van der Waals surface area contributed by atoms with Gasteiger partial charge in [0.05, 0.1) is 6.10 Å². The van der Waals surface area contributed by atoms with E-state index in [1.807, 2.05) is 0 Å². The highest BCUT2D eigenvalue weighted by molar-refractivity contribution is 6.30. The van der Waals surface area contributed by atoms with Crippen LogP contribution in [0.25, 0.3) is 0 Å². The van der Waals surface area contributed by atoms with Gasteiger partial charge in [0, 0.05) is 17.8 Å². The maximum Gasteiger partial charge on any atom is 0.433 e. The van der Waals surface area contributed by atoms with Crippen molar-refractivity contribution in [3.8, 4) is 0 Å². The standard InChI is InChI=1S/C13H11ClF3N3O/c14-9-3-1-8(2-4-9)10(21)7-19-12-18-6-5-11(20-12)13(15,16)17/h1-6,10,21H,7H2,(H,18,19,20). The molecule has 0 amide bonds. The third kappa shape index (κ3) is 4.30. The van der Waals surface area contributed by atoms with E-state index in [0.29, 0.717) is 10.6 Å². The number of halogens is 4. The topological polar surface area (TPSA) is 58.0 Å². The predicted molar refractivity (Wildman–Crippen MR) is 71.9 cm³/mol. The molecule has 0 fully saturated rings. The third-order valence-corrected chi connectivity index (χ3v) is 2.91.